The van der Waals surface area contributed by atoms with Crippen molar-refractivity contribution in [1.82, 2.24) is 0 Å². The monoisotopic (exact) mass is 231 g/mol. The summed E-state index contributed by atoms with van der Waals surface area (Å²) in [5.74, 6) is 1.73. The molecule has 0 fully saturated rings. The van der Waals surface area contributed by atoms with Crippen LogP contribution >= 0.6 is 0 Å². The number of furan rings is 1. The molecule has 0 amide bonds. The average Bonchev–Trinajstić information content (AvgIpc) is 2.76. The van der Waals surface area contributed by atoms with Crippen LogP contribution in [0.1, 0.15) is 29.9 Å². The van der Waals surface area contributed by atoms with Crippen molar-refractivity contribution in [3.63, 3.8) is 0 Å². The van der Waals surface area contributed by atoms with Gasteiger partial charge >= 0.3 is 0 Å². The van der Waals surface area contributed by atoms with E-state index in [9.17, 15) is 0 Å². The topological polar surface area (TPSA) is 48.4 Å². The number of rotatable bonds is 4. The minimum atomic E-state index is -0.149. The second kappa shape index (κ2) is 5.06. The Morgan fingerprint density at radius 2 is 1.94 bits per heavy atom. The van der Waals surface area contributed by atoms with Crippen LogP contribution in [0.25, 0.3) is 0 Å². The summed E-state index contributed by atoms with van der Waals surface area (Å²) < 4.78 is 10.7. The Bertz CT molecular complexity index is 473. The zero-order valence-electron chi connectivity index (χ0n) is 10.1. The van der Waals surface area contributed by atoms with Crippen LogP contribution in [0, 0.1) is 6.92 Å². The summed E-state index contributed by atoms with van der Waals surface area (Å²) in [6, 6.07) is 9.62. The fraction of sp³-hybridized carbons (Fsp3) is 0.286. The molecule has 0 saturated heterocycles. The predicted molar refractivity (Wildman–Crippen MR) is 67.1 cm³/mol. The molecular weight excluding hydrogens is 214 g/mol. The summed E-state index contributed by atoms with van der Waals surface area (Å²) in [7, 11) is 0. The van der Waals surface area contributed by atoms with E-state index in [0.29, 0.717) is 6.61 Å². The lowest BCUT2D eigenvalue weighted by Gasteiger charge is -2.12. The van der Waals surface area contributed by atoms with Crippen molar-refractivity contribution in [3.05, 3.63) is 53.5 Å². The van der Waals surface area contributed by atoms with Gasteiger partial charge in [-0.1, -0.05) is 12.1 Å². The van der Waals surface area contributed by atoms with Gasteiger partial charge < -0.3 is 14.9 Å². The molecule has 0 spiro atoms. The summed E-state index contributed by atoms with van der Waals surface area (Å²) in [6.07, 6.45) is 1.67. The van der Waals surface area contributed by atoms with Gasteiger partial charge in [-0.05, 0) is 37.6 Å². The van der Waals surface area contributed by atoms with Gasteiger partial charge in [0.05, 0.1) is 18.9 Å². The SMILES string of the molecule is CCOc1ccc(C(N)c2ccoc2C)cc1. The molecular formula is C14H17NO2. The fourth-order valence-electron chi connectivity index (χ4n) is 1.84. The predicted octanol–water partition coefficient (Wildman–Crippen LogP) is 3.03. The van der Waals surface area contributed by atoms with Crippen LogP contribution in [-0.2, 0) is 0 Å². The Hall–Kier alpha value is -1.74. The Morgan fingerprint density at radius 3 is 2.47 bits per heavy atom. The maximum atomic E-state index is 6.18. The lowest BCUT2D eigenvalue weighted by atomic mass is 10.0. The summed E-state index contributed by atoms with van der Waals surface area (Å²) >= 11 is 0. The molecule has 3 nitrogen and oxygen atoms in total. The van der Waals surface area contributed by atoms with E-state index in [-0.39, 0.29) is 6.04 Å². The van der Waals surface area contributed by atoms with Crippen molar-refractivity contribution in [2.24, 2.45) is 5.73 Å². The zero-order valence-corrected chi connectivity index (χ0v) is 10.1. The van der Waals surface area contributed by atoms with Crippen molar-refractivity contribution in [2.45, 2.75) is 19.9 Å². The van der Waals surface area contributed by atoms with Crippen molar-refractivity contribution >= 4 is 0 Å². The van der Waals surface area contributed by atoms with Crippen molar-refractivity contribution in [3.8, 4) is 5.75 Å². The van der Waals surface area contributed by atoms with E-state index in [1.807, 2.05) is 44.2 Å². The number of hydrogen-bond donors (Lipinski definition) is 1. The molecule has 2 N–H and O–H groups in total. The van der Waals surface area contributed by atoms with Gasteiger partial charge in [0, 0.05) is 5.56 Å². The fourth-order valence-corrected chi connectivity index (χ4v) is 1.84. The van der Waals surface area contributed by atoms with E-state index >= 15 is 0 Å². The number of aryl methyl sites for hydroxylation is 1. The third-order valence-corrected chi connectivity index (χ3v) is 2.78. The van der Waals surface area contributed by atoms with Gasteiger partial charge in [-0.25, -0.2) is 0 Å². The van der Waals surface area contributed by atoms with Crippen LogP contribution in [0.4, 0.5) is 0 Å². The highest BCUT2D eigenvalue weighted by Crippen LogP contribution is 2.24. The Labute approximate surface area is 101 Å². The number of nitrogens with two attached hydrogens (primary N) is 1. The van der Waals surface area contributed by atoms with E-state index in [1.54, 1.807) is 6.26 Å². The molecule has 0 radical (unpaired) electrons. The third kappa shape index (κ3) is 2.50. The molecule has 1 aromatic heterocycles. The first kappa shape index (κ1) is 11.7. The zero-order chi connectivity index (χ0) is 12.3. The van der Waals surface area contributed by atoms with Crippen LogP contribution in [0.2, 0.25) is 0 Å². The van der Waals surface area contributed by atoms with E-state index < -0.39 is 0 Å². The molecule has 3 heteroatoms. The molecule has 1 aromatic carbocycles. The van der Waals surface area contributed by atoms with Crippen molar-refractivity contribution in [1.29, 1.82) is 0 Å². The molecule has 0 bridgehead atoms. The Morgan fingerprint density at radius 1 is 1.24 bits per heavy atom. The molecule has 0 aliphatic heterocycles. The summed E-state index contributed by atoms with van der Waals surface area (Å²) in [4.78, 5) is 0. The van der Waals surface area contributed by atoms with Gasteiger partial charge in [0.25, 0.3) is 0 Å². The molecule has 90 valence electrons. The van der Waals surface area contributed by atoms with Crippen molar-refractivity contribution in [2.75, 3.05) is 6.61 Å². The first-order valence-electron chi connectivity index (χ1n) is 5.74. The highest BCUT2D eigenvalue weighted by atomic mass is 16.5. The van der Waals surface area contributed by atoms with Crippen LogP contribution in [0.15, 0.2) is 41.0 Å². The van der Waals surface area contributed by atoms with Gasteiger partial charge in [-0.15, -0.1) is 0 Å². The van der Waals surface area contributed by atoms with Gasteiger partial charge in [-0.2, -0.15) is 0 Å². The molecule has 17 heavy (non-hydrogen) atoms. The maximum Gasteiger partial charge on any atom is 0.119 e. The molecule has 2 aromatic rings. The van der Waals surface area contributed by atoms with E-state index in [2.05, 4.69) is 0 Å². The third-order valence-electron chi connectivity index (χ3n) is 2.78. The van der Waals surface area contributed by atoms with Gasteiger partial charge in [0.15, 0.2) is 0 Å². The normalized spacial score (nSPS) is 12.4. The highest BCUT2D eigenvalue weighted by molar-refractivity contribution is 5.35. The molecule has 2 rings (SSSR count). The molecule has 0 saturated carbocycles. The quantitative estimate of drug-likeness (QED) is 0.879. The van der Waals surface area contributed by atoms with Gasteiger partial charge in [0.2, 0.25) is 0 Å². The summed E-state index contributed by atoms with van der Waals surface area (Å²) in [6.45, 7) is 4.56. The largest absolute Gasteiger partial charge is 0.494 e. The van der Waals surface area contributed by atoms with Crippen LogP contribution in [-0.4, -0.2) is 6.61 Å². The average molecular weight is 231 g/mol. The smallest absolute Gasteiger partial charge is 0.119 e. The summed E-state index contributed by atoms with van der Waals surface area (Å²) in [5.41, 5.74) is 8.26. The van der Waals surface area contributed by atoms with Crippen LogP contribution < -0.4 is 10.5 Å². The van der Waals surface area contributed by atoms with Crippen LogP contribution in [0.5, 0.6) is 5.75 Å². The second-order valence-electron chi connectivity index (χ2n) is 3.91. The number of hydrogen-bond acceptors (Lipinski definition) is 3. The van der Waals surface area contributed by atoms with E-state index in [0.717, 1.165) is 22.6 Å². The lowest BCUT2D eigenvalue weighted by molar-refractivity contribution is 0.340. The Kier molecular flexibility index (Phi) is 3.49. The minimum Gasteiger partial charge on any atom is -0.494 e. The Balaban J connectivity index is 2.20. The van der Waals surface area contributed by atoms with Crippen LogP contribution in [0.3, 0.4) is 0 Å². The number of ether oxygens (including phenoxy) is 1. The first-order valence-corrected chi connectivity index (χ1v) is 5.74. The van der Waals surface area contributed by atoms with E-state index in [1.165, 1.54) is 0 Å². The van der Waals surface area contributed by atoms with E-state index in [4.69, 9.17) is 14.9 Å². The maximum absolute atomic E-state index is 6.18. The molecule has 1 unspecified atom stereocenters. The van der Waals surface area contributed by atoms with Gasteiger partial charge in [0.1, 0.15) is 11.5 Å². The highest BCUT2D eigenvalue weighted by Gasteiger charge is 2.13. The number of benzene rings is 1. The standard InChI is InChI=1S/C14H17NO2/c1-3-16-12-6-4-11(5-7-12)14(15)13-8-9-17-10(13)2/h4-9,14H,3,15H2,1-2H3. The summed E-state index contributed by atoms with van der Waals surface area (Å²) in [5, 5.41) is 0. The van der Waals surface area contributed by atoms with Gasteiger partial charge in [-0.3, -0.25) is 0 Å². The second-order valence-corrected chi connectivity index (χ2v) is 3.91. The lowest BCUT2D eigenvalue weighted by Crippen LogP contribution is -2.11. The molecule has 1 atom stereocenters. The molecule has 0 aliphatic carbocycles. The van der Waals surface area contributed by atoms with Crippen molar-refractivity contribution < 1.29 is 9.15 Å². The molecule has 1 heterocycles. The first-order chi connectivity index (χ1) is 8.22. The minimum absolute atomic E-state index is 0.149. The molecule has 0 aliphatic rings.